The Morgan fingerprint density at radius 1 is 1.06 bits per heavy atom. The van der Waals surface area contributed by atoms with Crippen molar-refractivity contribution in [1.29, 1.82) is 0 Å². The van der Waals surface area contributed by atoms with Gasteiger partial charge in [-0.05, 0) is 42.9 Å². The van der Waals surface area contributed by atoms with Crippen LogP contribution in [0.1, 0.15) is 41.1 Å². The number of hydrogen-bond donors (Lipinski definition) is 1. The third-order valence-corrected chi connectivity index (χ3v) is 6.77. The molecule has 3 atom stereocenters. The van der Waals surface area contributed by atoms with Crippen molar-refractivity contribution >= 4 is 17.6 Å². The average molecular weight is 435 g/mol. The Bertz CT molecular complexity index is 953. The molecule has 0 bridgehead atoms. The SMILES string of the molecule is O=C(NCC1CCCO1)c1cccnc1N1CCN(C(=O)C2C[C@H]2c2ccccc2)CC1. The zero-order chi connectivity index (χ0) is 21.9. The van der Waals surface area contributed by atoms with Crippen LogP contribution in [0.3, 0.4) is 0 Å². The largest absolute Gasteiger partial charge is 0.376 e. The second-order valence-corrected chi connectivity index (χ2v) is 8.89. The van der Waals surface area contributed by atoms with Gasteiger partial charge < -0.3 is 19.9 Å². The fraction of sp³-hybridized carbons (Fsp3) is 0.480. The van der Waals surface area contributed by atoms with Gasteiger partial charge in [-0.1, -0.05) is 30.3 Å². The van der Waals surface area contributed by atoms with Crippen molar-refractivity contribution in [3.63, 3.8) is 0 Å². The molecular weight excluding hydrogens is 404 g/mol. The maximum atomic E-state index is 13.0. The van der Waals surface area contributed by atoms with Crippen LogP contribution >= 0.6 is 0 Å². The van der Waals surface area contributed by atoms with Crippen LogP contribution in [0.25, 0.3) is 0 Å². The fourth-order valence-electron chi connectivity index (χ4n) is 4.84. The van der Waals surface area contributed by atoms with Crippen molar-refractivity contribution in [2.24, 2.45) is 5.92 Å². The molecule has 2 aliphatic heterocycles. The predicted octanol–water partition coefficient (Wildman–Crippen LogP) is 2.44. The summed E-state index contributed by atoms with van der Waals surface area (Å²) in [5, 5.41) is 3.00. The topological polar surface area (TPSA) is 74.8 Å². The van der Waals surface area contributed by atoms with Crippen LogP contribution in [0.4, 0.5) is 5.82 Å². The molecule has 2 saturated heterocycles. The lowest BCUT2D eigenvalue weighted by atomic mass is 10.1. The minimum atomic E-state index is -0.120. The van der Waals surface area contributed by atoms with E-state index in [-0.39, 0.29) is 23.8 Å². The van der Waals surface area contributed by atoms with E-state index in [1.807, 2.05) is 29.2 Å². The van der Waals surface area contributed by atoms with Crippen LogP contribution in [0.5, 0.6) is 0 Å². The van der Waals surface area contributed by atoms with Gasteiger partial charge in [-0.2, -0.15) is 0 Å². The number of anilines is 1. The minimum absolute atomic E-state index is 0.107. The number of amides is 2. The van der Waals surface area contributed by atoms with Crippen molar-refractivity contribution in [3.05, 3.63) is 59.8 Å². The van der Waals surface area contributed by atoms with Crippen molar-refractivity contribution in [3.8, 4) is 0 Å². The maximum absolute atomic E-state index is 13.0. The number of hydrogen-bond acceptors (Lipinski definition) is 5. The number of carbonyl (C=O) groups is 2. The van der Waals surface area contributed by atoms with Gasteiger partial charge in [0.1, 0.15) is 5.82 Å². The summed E-state index contributed by atoms with van der Waals surface area (Å²) in [4.78, 5) is 34.4. The summed E-state index contributed by atoms with van der Waals surface area (Å²) in [6.07, 6.45) is 4.81. The average Bonchev–Trinajstić information content (AvgIpc) is 3.49. The van der Waals surface area contributed by atoms with Crippen molar-refractivity contribution < 1.29 is 14.3 Å². The molecule has 2 aromatic rings. The monoisotopic (exact) mass is 434 g/mol. The number of piperazine rings is 1. The molecule has 7 nitrogen and oxygen atoms in total. The van der Waals surface area contributed by atoms with Crippen LogP contribution < -0.4 is 10.2 Å². The lowest BCUT2D eigenvalue weighted by Crippen LogP contribution is -2.50. The molecule has 3 fully saturated rings. The zero-order valence-corrected chi connectivity index (χ0v) is 18.3. The first-order valence-corrected chi connectivity index (χ1v) is 11.6. The number of pyridine rings is 1. The van der Waals surface area contributed by atoms with Gasteiger partial charge in [0.25, 0.3) is 5.91 Å². The molecule has 32 heavy (non-hydrogen) atoms. The van der Waals surface area contributed by atoms with E-state index in [1.165, 1.54) is 5.56 Å². The van der Waals surface area contributed by atoms with Gasteiger partial charge in [0.2, 0.25) is 5.91 Å². The van der Waals surface area contributed by atoms with E-state index in [1.54, 1.807) is 12.3 Å². The van der Waals surface area contributed by atoms with Crippen molar-refractivity contribution in [1.82, 2.24) is 15.2 Å². The Labute approximate surface area is 188 Å². The summed E-state index contributed by atoms with van der Waals surface area (Å²) >= 11 is 0. The molecule has 1 aromatic carbocycles. The fourth-order valence-corrected chi connectivity index (χ4v) is 4.84. The van der Waals surface area contributed by atoms with E-state index in [9.17, 15) is 9.59 Å². The van der Waals surface area contributed by atoms with Gasteiger partial charge in [0.05, 0.1) is 11.7 Å². The molecule has 5 rings (SSSR count). The Balaban J connectivity index is 1.17. The maximum Gasteiger partial charge on any atom is 0.255 e. The summed E-state index contributed by atoms with van der Waals surface area (Å²) in [5.74, 6) is 1.30. The molecule has 3 aliphatic rings. The number of aromatic nitrogens is 1. The molecule has 1 aliphatic carbocycles. The zero-order valence-electron chi connectivity index (χ0n) is 18.3. The summed E-state index contributed by atoms with van der Waals surface area (Å²) in [6, 6.07) is 13.9. The van der Waals surface area contributed by atoms with E-state index >= 15 is 0 Å². The highest BCUT2D eigenvalue weighted by molar-refractivity contribution is 5.99. The number of rotatable bonds is 6. The Morgan fingerprint density at radius 3 is 2.62 bits per heavy atom. The minimum Gasteiger partial charge on any atom is -0.376 e. The summed E-state index contributed by atoms with van der Waals surface area (Å²) < 4.78 is 5.60. The molecule has 168 valence electrons. The number of nitrogens with one attached hydrogen (secondary N) is 1. The highest BCUT2D eigenvalue weighted by Gasteiger charge is 2.46. The number of nitrogens with zero attached hydrogens (tertiary/aromatic N) is 3. The smallest absolute Gasteiger partial charge is 0.255 e. The summed E-state index contributed by atoms with van der Waals surface area (Å²) in [5.41, 5.74) is 1.84. The molecule has 1 aromatic heterocycles. The Morgan fingerprint density at radius 2 is 1.88 bits per heavy atom. The molecule has 2 amide bonds. The van der Waals surface area contributed by atoms with E-state index < -0.39 is 0 Å². The van der Waals surface area contributed by atoms with Gasteiger partial charge in [-0.25, -0.2) is 4.98 Å². The van der Waals surface area contributed by atoms with E-state index in [4.69, 9.17) is 4.74 Å². The van der Waals surface area contributed by atoms with E-state index in [2.05, 4.69) is 27.3 Å². The van der Waals surface area contributed by atoms with Gasteiger partial charge in [0.15, 0.2) is 0 Å². The predicted molar refractivity (Wildman–Crippen MR) is 122 cm³/mol. The lowest BCUT2D eigenvalue weighted by Gasteiger charge is -2.36. The summed E-state index contributed by atoms with van der Waals surface area (Å²) in [6.45, 7) is 3.97. The van der Waals surface area contributed by atoms with Crippen molar-refractivity contribution in [2.75, 3.05) is 44.2 Å². The molecule has 0 radical (unpaired) electrons. The molecule has 2 unspecified atom stereocenters. The van der Waals surface area contributed by atoms with Gasteiger partial charge in [-0.3, -0.25) is 9.59 Å². The summed E-state index contributed by atoms with van der Waals surface area (Å²) in [7, 11) is 0. The number of ether oxygens (including phenoxy) is 1. The lowest BCUT2D eigenvalue weighted by molar-refractivity contribution is -0.133. The normalized spacial score (nSPS) is 24.9. The first-order valence-electron chi connectivity index (χ1n) is 11.6. The quantitative estimate of drug-likeness (QED) is 0.756. The van der Waals surface area contributed by atoms with E-state index in [0.29, 0.717) is 50.0 Å². The van der Waals surface area contributed by atoms with Crippen LogP contribution in [0.2, 0.25) is 0 Å². The second kappa shape index (κ2) is 9.28. The molecule has 1 N–H and O–H groups in total. The first kappa shape index (κ1) is 20.9. The molecule has 3 heterocycles. The first-order chi connectivity index (χ1) is 15.7. The van der Waals surface area contributed by atoms with E-state index in [0.717, 1.165) is 25.9 Å². The molecule has 1 saturated carbocycles. The van der Waals surface area contributed by atoms with Crippen LogP contribution in [0.15, 0.2) is 48.7 Å². The van der Waals surface area contributed by atoms with Crippen molar-refractivity contribution in [2.45, 2.75) is 31.3 Å². The van der Waals surface area contributed by atoms with Crippen LogP contribution in [-0.4, -0.2) is 67.1 Å². The highest BCUT2D eigenvalue weighted by atomic mass is 16.5. The van der Waals surface area contributed by atoms with Gasteiger partial charge >= 0.3 is 0 Å². The Kier molecular flexibility index (Phi) is 6.08. The highest BCUT2D eigenvalue weighted by Crippen LogP contribution is 2.48. The molecule has 7 heteroatoms. The third kappa shape index (κ3) is 4.48. The molecule has 0 spiro atoms. The van der Waals surface area contributed by atoms with Crippen LogP contribution in [-0.2, 0) is 9.53 Å². The number of carbonyl (C=O) groups excluding carboxylic acids is 2. The standard InChI is InChI=1S/C25H30N4O3/c30-24(27-17-19-8-5-15-32-19)20-9-4-10-26-23(20)28-11-13-29(14-12-28)25(31)22-16-21(22)18-6-2-1-3-7-18/h1-4,6-7,9-10,19,21-22H,5,8,11-17H2,(H,27,30)/t19?,21-,22?/m0/s1. The van der Waals surface area contributed by atoms with Gasteiger partial charge in [-0.15, -0.1) is 0 Å². The second-order valence-electron chi connectivity index (χ2n) is 8.89. The Hall–Kier alpha value is -2.93. The van der Waals surface area contributed by atoms with Crippen LogP contribution in [0, 0.1) is 5.92 Å². The van der Waals surface area contributed by atoms with Gasteiger partial charge in [0, 0.05) is 51.4 Å². The number of benzene rings is 1. The molecular formula is C25H30N4O3. The third-order valence-electron chi connectivity index (χ3n) is 6.77.